The van der Waals surface area contributed by atoms with Gasteiger partial charge in [0.15, 0.2) is 0 Å². The molecule has 0 unspecified atom stereocenters. The minimum Gasteiger partial charge on any atom is -0.481 e. The first-order valence-corrected chi connectivity index (χ1v) is 3.71. The molecule has 0 fully saturated rings. The van der Waals surface area contributed by atoms with Gasteiger partial charge in [0.05, 0.1) is 0 Å². The molecule has 0 amide bonds. The molecule has 0 saturated carbocycles. The average Bonchev–Trinajstić information content (AvgIpc) is 1.76. The number of rotatable bonds is 0. The molecule has 19 heavy (non-hydrogen) atoms. The van der Waals surface area contributed by atoms with Crippen molar-refractivity contribution in [2.24, 2.45) is 0 Å². The van der Waals surface area contributed by atoms with Crippen molar-refractivity contribution >= 4 is 23.9 Å². The molecule has 0 rings (SSSR count). The maximum atomic E-state index is 9.00. The summed E-state index contributed by atoms with van der Waals surface area (Å²) < 4.78 is 0. The van der Waals surface area contributed by atoms with E-state index in [4.69, 9.17) is 39.6 Å². The summed E-state index contributed by atoms with van der Waals surface area (Å²) in [6, 6.07) is 0. The minimum atomic E-state index is -0.833. The fourth-order valence-electron chi connectivity index (χ4n) is 0. The Labute approximate surface area is 142 Å². The van der Waals surface area contributed by atoms with E-state index in [-0.39, 0.29) is 51.2 Å². The van der Waals surface area contributed by atoms with Gasteiger partial charge < -0.3 is 20.4 Å². The number of carboxylic acids is 4. The van der Waals surface area contributed by atoms with Gasteiger partial charge in [0.2, 0.25) is 0 Å². The van der Waals surface area contributed by atoms with Crippen LogP contribution >= 0.6 is 0 Å². The van der Waals surface area contributed by atoms with Crippen LogP contribution in [0.4, 0.5) is 0 Å². The van der Waals surface area contributed by atoms with Gasteiger partial charge in [-0.2, -0.15) is 0 Å². The number of carboxylic acid groups (broad SMARTS) is 4. The molecule has 0 aromatic carbocycles. The van der Waals surface area contributed by atoms with Crippen LogP contribution in [0, 0.1) is 0 Å². The normalized spacial score (nSPS) is 5.26. The molecule has 0 aromatic rings. The molecule has 0 atom stereocenters. The van der Waals surface area contributed by atoms with Gasteiger partial charge in [0.1, 0.15) is 0 Å². The number of hydrogen-bond acceptors (Lipinski definition) is 4. The molecule has 0 heterocycles. The van der Waals surface area contributed by atoms with Gasteiger partial charge in [-0.1, -0.05) is 0 Å². The molecule has 117 valence electrons. The molecule has 8 nitrogen and oxygen atoms in total. The third-order valence-corrected chi connectivity index (χ3v) is 0. The first-order valence-electron chi connectivity index (χ1n) is 3.71. The van der Waals surface area contributed by atoms with Crippen LogP contribution in [0.5, 0.6) is 0 Å². The Hall–Kier alpha value is -0.562. The minimum absolute atomic E-state index is 0. The van der Waals surface area contributed by atoms with Crippen LogP contribution in [0.1, 0.15) is 27.7 Å². The van der Waals surface area contributed by atoms with Gasteiger partial charge in [0, 0.05) is 78.9 Å². The zero-order chi connectivity index (χ0) is 14.3. The third kappa shape index (κ3) is 13200. The quantitative estimate of drug-likeness (QED) is 0.422. The molecule has 0 aliphatic rings. The van der Waals surface area contributed by atoms with Crippen LogP contribution in [-0.4, -0.2) is 44.3 Å². The second kappa shape index (κ2) is 36.0. The fraction of sp³-hybridized carbons (Fsp3) is 0.500. The molecule has 4 N–H and O–H groups in total. The largest absolute Gasteiger partial charge is 0.481 e. The molecule has 11 heteroatoms. The summed E-state index contributed by atoms with van der Waals surface area (Å²) in [6.45, 7) is 4.33. The van der Waals surface area contributed by atoms with Crippen molar-refractivity contribution in [3.05, 3.63) is 0 Å². The first kappa shape index (κ1) is 42.9. The van der Waals surface area contributed by atoms with E-state index in [1.54, 1.807) is 0 Å². The summed E-state index contributed by atoms with van der Waals surface area (Å²) >= 11 is 0. The van der Waals surface area contributed by atoms with Crippen molar-refractivity contribution < 1.29 is 90.8 Å². The average molecular weight is 405 g/mol. The van der Waals surface area contributed by atoms with Crippen LogP contribution in [0.15, 0.2) is 0 Å². The van der Waals surface area contributed by atoms with Gasteiger partial charge in [-0.15, -0.1) is 0 Å². The smallest absolute Gasteiger partial charge is 0.300 e. The van der Waals surface area contributed by atoms with Gasteiger partial charge >= 0.3 is 0 Å². The van der Waals surface area contributed by atoms with Crippen molar-refractivity contribution in [1.82, 2.24) is 0 Å². The Morgan fingerprint density at radius 2 is 0.474 bits per heavy atom. The van der Waals surface area contributed by atoms with Crippen LogP contribution in [0.3, 0.4) is 0 Å². The summed E-state index contributed by atoms with van der Waals surface area (Å²) in [4.78, 5) is 36.0. The van der Waals surface area contributed by atoms with Crippen molar-refractivity contribution in [2.45, 2.75) is 27.7 Å². The number of hydrogen-bond donors (Lipinski definition) is 4. The summed E-state index contributed by atoms with van der Waals surface area (Å²) in [7, 11) is 0. The molecule has 0 aliphatic carbocycles. The van der Waals surface area contributed by atoms with Crippen LogP contribution in [0.2, 0.25) is 0 Å². The van der Waals surface area contributed by atoms with E-state index in [0.29, 0.717) is 0 Å². The van der Waals surface area contributed by atoms with E-state index in [9.17, 15) is 0 Å². The predicted molar refractivity (Wildman–Crippen MR) is 53.2 cm³/mol. The summed E-state index contributed by atoms with van der Waals surface area (Å²) in [5, 5.41) is 29.7. The van der Waals surface area contributed by atoms with Crippen molar-refractivity contribution in [1.29, 1.82) is 0 Å². The Balaban J connectivity index is -0.0000000192. The van der Waals surface area contributed by atoms with Crippen molar-refractivity contribution in [3.63, 3.8) is 0 Å². The first-order chi connectivity index (χ1) is 6.93. The monoisotopic (exact) mass is 405 g/mol. The molecule has 0 saturated heterocycles. The molecular weight excluding hydrogens is 389 g/mol. The standard InChI is InChI=1S/4C2H4O2.3Mn/c4*1-2(3)4;;;/h4*1H3,(H,3,4);;;. The summed E-state index contributed by atoms with van der Waals surface area (Å²) in [5.41, 5.74) is 0. The van der Waals surface area contributed by atoms with E-state index in [0.717, 1.165) is 27.7 Å². The van der Waals surface area contributed by atoms with E-state index < -0.39 is 23.9 Å². The SMILES string of the molecule is CC(=O)O.CC(=O)O.CC(=O)O.CC(=O)O.[Mn].[Mn].[Mn]. The molecule has 0 aliphatic heterocycles. The van der Waals surface area contributed by atoms with E-state index in [1.807, 2.05) is 0 Å². The van der Waals surface area contributed by atoms with E-state index in [1.165, 1.54) is 0 Å². The maximum Gasteiger partial charge on any atom is 0.300 e. The Morgan fingerprint density at radius 3 is 0.474 bits per heavy atom. The Kier molecular flexibility index (Phi) is 81.2. The topological polar surface area (TPSA) is 149 Å². The van der Waals surface area contributed by atoms with Crippen LogP contribution in [-0.2, 0) is 70.4 Å². The zero-order valence-electron chi connectivity index (χ0n) is 10.6. The van der Waals surface area contributed by atoms with Crippen molar-refractivity contribution in [3.8, 4) is 0 Å². The zero-order valence-corrected chi connectivity index (χ0v) is 14.1. The number of carbonyl (C=O) groups is 4. The molecule has 3 radical (unpaired) electrons. The number of aliphatic carboxylic acids is 4. The van der Waals surface area contributed by atoms with Gasteiger partial charge in [-0.3, -0.25) is 19.2 Å². The second-order valence-corrected chi connectivity index (χ2v) is 2.08. The molecule has 0 bridgehead atoms. The predicted octanol–water partition coefficient (Wildman–Crippen LogP) is 0.356. The molecule has 0 aromatic heterocycles. The van der Waals surface area contributed by atoms with E-state index in [2.05, 4.69) is 0 Å². The molecule has 0 spiro atoms. The van der Waals surface area contributed by atoms with Gasteiger partial charge in [0.25, 0.3) is 23.9 Å². The molecular formula is C8H16Mn3O8. The summed E-state index contributed by atoms with van der Waals surface area (Å²) in [6.07, 6.45) is 0. The maximum absolute atomic E-state index is 9.00. The Bertz CT molecular complexity index is 168. The Morgan fingerprint density at radius 1 is 0.474 bits per heavy atom. The van der Waals surface area contributed by atoms with Crippen LogP contribution in [0.25, 0.3) is 0 Å². The van der Waals surface area contributed by atoms with Crippen LogP contribution < -0.4 is 0 Å². The summed E-state index contributed by atoms with van der Waals surface area (Å²) in [5.74, 6) is -3.33. The fourth-order valence-corrected chi connectivity index (χ4v) is 0. The second-order valence-electron chi connectivity index (χ2n) is 2.08. The van der Waals surface area contributed by atoms with Crippen molar-refractivity contribution in [2.75, 3.05) is 0 Å². The third-order valence-electron chi connectivity index (χ3n) is 0. The van der Waals surface area contributed by atoms with Gasteiger partial charge in [-0.25, -0.2) is 0 Å². The van der Waals surface area contributed by atoms with Gasteiger partial charge in [-0.05, 0) is 0 Å². The van der Waals surface area contributed by atoms with E-state index >= 15 is 0 Å².